The number of likely N-dealkylation sites (N-methyl/N-ethyl adjacent to an activating group) is 1. The number of nitrogens with one attached hydrogen (secondary N) is 1. The zero-order valence-electron chi connectivity index (χ0n) is 8.32. The van der Waals surface area contributed by atoms with Gasteiger partial charge in [-0.05, 0) is 19.4 Å². The molecule has 1 unspecified atom stereocenters. The van der Waals surface area contributed by atoms with Crippen LogP contribution in [0.4, 0.5) is 4.79 Å². The third-order valence-corrected chi connectivity index (χ3v) is 2.81. The number of hydrogen-bond donors (Lipinski definition) is 1. The van der Waals surface area contributed by atoms with Crippen LogP contribution in [0.1, 0.15) is 12.8 Å². The van der Waals surface area contributed by atoms with Gasteiger partial charge in [-0.25, -0.2) is 4.79 Å². The SMILES string of the molecule is CN1CC(=O)N(C2CCCNC2)C1=O. The summed E-state index contributed by atoms with van der Waals surface area (Å²) in [5, 5.41) is 3.20. The summed E-state index contributed by atoms with van der Waals surface area (Å²) in [5.41, 5.74) is 0. The first-order valence-corrected chi connectivity index (χ1v) is 4.98. The molecule has 0 aromatic carbocycles. The number of nitrogens with zero attached hydrogens (tertiary/aromatic N) is 2. The van der Waals surface area contributed by atoms with Gasteiger partial charge in [0.25, 0.3) is 5.91 Å². The van der Waals surface area contributed by atoms with Gasteiger partial charge in [-0.15, -0.1) is 0 Å². The Morgan fingerprint density at radius 1 is 1.43 bits per heavy atom. The van der Waals surface area contributed by atoms with E-state index >= 15 is 0 Å². The minimum Gasteiger partial charge on any atom is -0.318 e. The maximum Gasteiger partial charge on any atom is 0.327 e. The molecule has 0 spiro atoms. The van der Waals surface area contributed by atoms with Crippen molar-refractivity contribution in [1.82, 2.24) is 15.1 Å². The van der Waals surface area contributed by atoms with E-state index in [-0.39, 0.29) is 24.5 Å². The Kier molecular flexibility index (Phi) is 2.41. The third-order valence-electron chi connectivity index (χ3n) is 2.81. The smallest absolute Gasteiger partial charge is 0.318 e. The molecule has 5 heteroatoms. The van der Waals surface area contributed by atoms with Crippen LogP contribution in [0.25, 0.3) is 0 Å². The topological polar surface area (TPSA) is 52.7 Å². The van der Waals surface area contributed by atoms with E-state index in [1.54, 1.807) is 7.05 Å². The minimum atomic E-state index is -0.149. The van der Waals surface area contributed by atoms with E-state index in [1.165, 1.54) is 9.80 Å². The van der Waals surface area contributed by atoms with Crippen molar-refractivity contribution in [2.75, 3.05) is 26.7 Å². The van der Waals surface area contributed by atoms with E-state index in [2.05, 4.69) is 5.32 Å². The molecule has 1 atom stereocenters. The van der Waals surface area contributed by atoms with Crippen LogP contribution in [0.5, 0.6) is 0 Å². The van der Waals surface area contributed by atoms with E-state index < -0.39 is 0 Å². The van der Waals surface area contributed by atoms with Gasteiger partial charge in [0.15, 0.2) is 0 Å². The summed E-state index contributed by atoms with van der Waals surface area (Å²) < 4.78 is 0. The average Bonchev–Trinajstić information content (AvgIpc) is 2.43. The zero-order valence-corrected chi connectivity index (χ0v) is 8.32. The predicted octanol–water partition coefficient (Wildman–Crippen LogP) is -0.368. The van der Waals surface area contributed by atoms with Crippen molar-refractivity contribution in [2.24, 2.45) is 0 Å². The molecule has 0 aromatic rings. The molecule has 2 fully saturated rings. The Bertz CT molecular complexity index is 261. The van der Waals surface area contributed by atoms with Crippen molar-refractivity contribution in [1.29, 1.82) is 0 Å². The third kappa shape index (κ3) is 1.48. The molecule has 0 aliphatic carbocycles. The monoisotopic (exact) mass is 197 g/mol. The average molecular weight is 197 g/mol. The van der Waals surface area contributed by atoms with Crippen molar-refractivity contribution in [3.63, 3.8) is 0 Å². The van der Waals surface area contributed by atoms with Gasteiger partial charge >= 0.3 is 6.03 Å². The fourth-order valence-electron chi connectivity index (χ4n) is 2.05. The van der Waals surface area contributed by atoms with E-state index in [0.29, 0.717) is 0 Å². The molecule has 0 saturated carbocycles. The van der Waals surface area contributed by atoms with Crippen molar-refractivity contribution in [3.8, 4) is 0 Å². The Labute approximate surface area is 83.0 Å². The van der Waals surface area contributed by atoms with Gasteiger partial charge in [0.05, 0.1) is 6.04 Å². The molecule has 3 amide bonds. The fraction of sp³-hybridized carbons (Fsp3) is 0.778. The van der Waals surface area contributed by atoms with E-state index in [4.69, 9.17) is 0 Å². The molecule has 1 N–H and O–H groups in total. The molecule has 0 bridgehead atoms. The standard InChI is InChI=1S/C9H15N3O2/c1-11-6-8(13)12(9(11)14)7-3-2-4-10-5-7/h7,10H,2-6H2,1H3. The molecule has 2 aliphatic heterocycles. The van der Waals surface area contributed by atoms with Crippen molar-refractivity contribution in [3.05, 3.63) is 0 Å². The first-order chi connectivity index (χ1) is 6.70. The Morgan fingerprint density at radius 2 is 2.21 bits per heavy atom. The van der Waals surface area contributed by atoms with Crippen LogP contribution in [0, 0.1) is 0 Å². The second-order valence-electron chi connectivity index (χ2n) is 3.90. The lowest BCUT2D eigenvalue weighted by Crippen LogP contribution is -2.49. The lowest BCUT2D eigenvalue weighted by molar-refractivity contribution is -0.127. The predicted molar refractivity (Wildman–Crippen MR) is 50.8 cm³/mol. The molecule has 2 saturated heterocycles. The van der Waals surface area contributed by atoms with Gasteiger partial charge in [-0.2, -0.15) is 0 Å². The number of hydrogen-bond acceptors (Lipinski definition) is 3. The first kappa shape index (κ1) is 9.45. The van der Waals surface area contributed by atoms with Crippen LogP contribution in [0.2, 0.25) is 0 Å². The van der Waals surface area contributed by atoms with E-state index in [0.717, 1.165) is 25.9 Å². The second-order valence-corrected chi connectivity index (χ2v) is 3.90. The molecular weight excluding hydrogens is 182 g/mol. The highest BCUT2D eigenvalue weighted by atomic mass is 16.2. The number of piperidine rings is 1. The summed E-state index contributed by atoms with van der Waals surface area (Å²) in [7, 11) is 1.66. The summed E-state index contributed by atoms with van der Waals surface area (Å²) in [6.07, 6.45) is 1.96. The van der Waals surface area contributed by atoms with Crippen LogP contribution in [0.3, 0.4) is 0 Å². The summed E-state index contributed by atoms with van der Waals surface area (Å²) in [5.74, 6) is -0.0637. The summed E-state index contributed by atoms with van der Waals surface area (Å²) in [6.45, 7) is 1.96. The lowest BCUT2D eigenvalue weighted by Gasteiger charge is -2.29. The van der Waals surface area contributed by atoms with E-state index in [9.17, 15) is 9.59 Å². The second kappa shape index (κ2) is 3.57. The summed E-state index contributed by atoms with van der Waals surface area (Å²) in [4.78, 5) is 26.0. The number of carbonyl (C=O) groups is 2. The van der Waals surface area contributed by atoms with Crippen LogP contribution in [-0.2, 0) is 4.79 Å². The molecule has 2 heterocycles. The van der Waals surface area contributed by atoms with Gasteiger partial charge in [0.1, 0.15) is 6.54 Å². The molecule has 0 aromatic heterocycles. The van der Waals surface area contributed by atoms with Crippen molar-refractivity contribution >= 4 is 11.9 Å². The van der Waals surface area contributed by atoms with Gasteiger partial charge in [-0.1, -0.05) is 0 Å². The Hall–Kier alpha value is -1.10. The van der Waals surface area contributed by atoms with Gasteiger partial charge < -0.3 is 10.2 Å². The fourth-order valence-corrected chi connectivity index (χ4v) is 2.05. The van der Waals surface area contributed by atoms with Gasteiger partial charge in [0, 0.05) is 13.6 Å². The van der Waals surface area contributed by atoms with Gasteiger partial charge in [0.2, 0.25) is 0 Å². The number of imide groups is 1. The van der Waals surface area contributed by atoms with Crippen LogP contribution in [-0.4, -0.2) is 54.5 Å². The van der Waals surface area contributed by atoms with E-state index in [1.807, 2.05) is 0 Å². The van der Waals surface area contributed by atoms with Crippen LogP contribution < -0.4 is 5.32 Å². The zero-order chi connectivity index (χ0) is 10.1. The highest BCUT2D eigenvalue weighted by Gasteiger charge is 2.38. The number of urea groups is 1. The molecule has 0 radical (unpaired) electrons. The highest BCUT2D eigenvalue weighted by Crippen LogP contribution is 2.17. The maximum absolute atomic E-state index is 11.6. The van der Waals surface area contributed by atoms with Gasteiger partial charge in [-0.3, -0.25) is 9.69 Å². The molecule has 2 rings (SSSR count). The highest BCUT2D eigenvalue weighted by molar-refractivity contribution is 6.02. The largest absolute Gasteiger partial charge is 0.327 e. The molecule has 5 nitrogen and oxygen atoms in total. The molecule has 14 heavy (non-hydrogen) atoms. The normalized spacial score (nSPS) is 28.8. The maximum atomic E-state index is 11.6. The van der Waals surface area contributed by atoms with Crippen LogP contribution in [0.15, 0.2) is 0 Å². The number of carbonyl (C=O) groups excluding carboxylic acids is 2. The molecule has 78 valence electrons. The quantitative estimate of drug-likeness (QED) is 0.584. The Morgan fingerprint density at radius 3 is 2.71 bits per heavy atom. The lowest BCUT2D eigenvalue weighted by atomic mass is 10.1. The minimum absolute atomic E-state index is 0.0636. The number of amides is 3. The molecular formula is C9H15N3O2. The van der Waals surface area contributed by atoms with Crippen molar-refractivity contribution in [2.45, 2.75) is 18.9 Å². The van der Waals surface area contributed by atoms with Crippen LogP contribution >= 0.6 is 0 Å². The van der Waals surface area contributed by atoms with Crippen molar-refractivity contribution < 1.29 is 9.59 Å². The molecule has 2 aliphatic rings. The summed E-state index contributed by atoms with van der Waals surface area (Å²) in [6, 6.07) is -0.0857. The Balaban J connectivity index is 2.08. The number of rotatable bonds is 1. The first-order valence-electron chi connectivity index (χ1n) is 4.98. The summed E-state index contributed by atoms with van der Waals surface area (Å²) >= 11 is 0.